The van der Waals surface area contributed by atoms with E-state index in [9.17, 15) is 24.6 Å². The van der Waals surface area contributed by atoms with Crippen molar-refractivity contribution < 1.29 is 48.3 Å². The molecule has 39 heavy (non-hydrogen) atoms. The molecule has 0 amide bonds. The number of hydrogen-bond acceptors (Lipinski definition) is 10. The molecule has 0 aliphatic carbocycles. The van der Waals surface area contributed by atoms with E-state index in [-0.39, 0.29) is 29.9 Å². The van der Waals surface area contributed by atoms with Gasteiger partial charge in [-0.2, -0.15) is 0 Å². The smallest absolute Gasteiger partial charge is 0.338 e. The minimum absolute atomic E-state index is 0.198. The Morgan fingerprint density at radius 1 is 0.692 bits per heavy atom. The normalized spacial score (nSPS) is 22.5. The predicted molar refractivity (Wildman–Crippen MR) is 136 cm³/mol. The summed E-state index contributed by atoms with van der Waals surface area (Å²) in [6, 6.07) is 24.4. The molecule has 10 heteroatoms. The summed E-state index contributed by atoms with van der Waals surface area (Å²) in [4.78, 5) is 38.6. The maximum atomic E-state index is 13.0. The molecule has 3 aromatic carbocycles. The van der Waals surface area contributed by atoms with E-state index in [1.54, 1.807) is 66.7 Å². The van der Waals surface area contributed by atoms with Gasteiger partial charge in [-0.05, 0) is 36.4 Å². The van der Waals surface area contributed by atoms with Gasteiger partial charge in [0.05, 0.1) is 29.9 Å². The van der Waals surface area contributed by atoms with Crippen LogP contribution in [0.4, 0.5) is 0 Å². The lowest BCUT2D eigenvalue weighted by molar-refractivity contribution is -0.300. The summed E-state index contributed by atoms with van der Waals surface area (Å²) in [6.45, 7) is -1.00. The van der Waals surface area contributed by atoms with Gasteiger partial charge in [-0.1, -0.05) is 54.6 Å². The Balaban J connectivity index is 1.62. The number of benzene rings is 3. The van der Waals surface area contributed by atoms with Gasteiger partial charge in [-0.15, -0.1) is 0 Å². The Morgan fingerprint density at radius 3 is 1.64 bits per heavy atom. The van der Waals surface area contributed by atoms with Crippen molar-refractivity contribution in [2.24, 2.45) is 0 Å². The third-order valence-electron chi connectivity index (χ3n) is 5.88. The van der Waals surface area contributed by atoms with E-state index >= 15 is 0 Å². The molecule has 10 nitrogen and oxygen atoms in total. The van der Waals surface area contributed by atoms with E-state index in [4.69, 9.17) is 23.7 Å². The molecular formula is C29H28O10. The van der Waals surface area contributed by atoms with Crippen LogP contribution in [0.2, 0.25) is 0 Å². The molecule has 2 N–H and O–H groups in total. The summed E-state index contributed by atoms with van der Waals surface area (Å²) in [6.07, 6.45) is -7.07. The second kappa shape index (κ2) is 13.6. The molecule has 0 radical (unpaired) electrons. The Bertz CT molecular complexity index is 1220. The number of esters is 3. The zero-order chi connectivity index (χ0) is 27.6. The van der Waals surface area contributed by atoms with Crippen molar-refractivity contribution in [1.29, 1.82) is 0 Å². The zero-order valence-electron chi connectivity index (χ0n) is 20.8. The number of carbonyl (C=O) groups is 3. The van der Waals surface area contributed by atoms with Gasteiger partial charge in [0.1, 0.15) is 18.8 Å². The highest BCUT2D eigenvalue weighted by atomic mass is 16.7. The summed E-state index contributed by atoms with van der Waals surface area (Å²) in [5.41, 5.74) is 0.689. The van der Waals surface area contributed by atoms with E-state index in [0.717, 1.165) is 0 Å². The van der Waals surface area contributed by atoms with Gasteiger partial charge >= 0.3 is 17.9 Å². The SMILES string of the molecule is O=C(OC[C@H]1O[C@@H](OCCO)[C@H](O)[C@@H](OC(=O)c2ccccc2)[C@@H]1OC(=O)c1ccccc1)c1ccccc1. The van der Waals surface area contributed by atoms with Crippen molar-refractivity contribution in [2.45, 2.75) is 30.7 Å². The van der Waals surface area contributed by atoms with Gasteiger partial charge in [0.25, 0.3) is 0 Å². The van der Waals surface area contributed by atoms with Crippen molar-refractivity contribution >= 4 is 17.9 Å². The Kier molecular flexibility index (Phi) is 9.76. The fraction of sp³-hybridized carbons (Fsp3) is 0.276. The predicted octanol–water partition coefficient (Wildman–Crippen LogP) is 2.39. The first-order chi connectivity index (χ1) is 19.0. The minimum atomic E-state index is -1.61. The second-order valence-electron chi connectivity index (χ2n) is 8.56. The van der Waals surface area contributed by atoms with Crippen LogP contribution in [0.15, 0.2) is 91.0 Å². The molecule has 0 aromatic heterocycles. The molecule has 0 unspecified atom stereocenters. The van der Waals surface area contributed by atoms with E-state index in [0.29, 0.717) is 0 Å². The topological polar surface area (TPSA) is 138 Å². The van der Waals surface area contributed by atoms with Crippen molar-refractivity contribution in [3.05, 3.63) is 108 Å². The van der Waals surface area contributed by atoms with Gasteiger partial charge in [0.15, 0.2) is 18.5 Å². The highest BCUT2D eigenvalue weighted by Gasteiger charge is 2.51. The van der Waals surface area contributed by atoms with Gasteiger partial charge < -0.3 is 33.9 Å². The van der Waals surface area contributed by atoms with Crippen LogP contribution in [0.1, 0.15) is 31.1 Å². The van der Waals surface area contributed by atoms with Crippen LogP contribution < -0.4 is 0 Å². The maximum Gasteiger partial charge on any atom is 0.338 e. The van der Waals surface area contributed by atoms with E-state index in [1.165, 1.54) is 24.3 Å². The lowest BCUT2D eigenvalue weighted by Crippen LogP contribution is -2.62. The van der Waals surface area contributed by atoms with Crippen LogP contribution >= 0.6 is 0 Å². The van der Waals surface area contributed by atoms with Crippen LogP contribution in [-0.4, -0.2) is 78.6 Å². The molecule has 3 aromatic rings. The molecule has 1 fully saturated rings. The molecule has 0 bridgehead atoms. The molecule has 1 aliphatic rings. The quantitative estimate of drug-likeness (QED) is 0.293. The molecule has 0 saturated carbocycles. The number of aliphatic hydroxyl groups is 2. The average Bonchev–Trinajstić information content (AvgIpc) is 2.99. The second-order valence-corrected chi connectivity index (χ2v) is 8.56. The summed E-state index contributed by atoms with van der Waals surface area (Å²) in [5.74, 6) is -2.22. The van der Waals surface area contributed by atoms with E-state index in [1.807, 2.05) is 0 Å². The minimum Gasteiger partial charge on any atom is -0.459 e. The maximum absolute atomic E-state index is 13.0. The summed E-state index contributed by atoms with van der Waals surface area (Å²) in [7, 11) is 0. The monoisotopic (exact) mass is 536 g/mol. The number of carbonyl (C=O) groups excluding carboxylic acids is 3. The summed E-state index contributed by atoms with van der Waals surface area (Å²) in [5, 5.41) is 20.3. The van der Waals surface area contributed by atoms with Crippen LogP contribution in [0.5, 0.6) is 0 Å². The number of hydrogen-bond donors (Lipinski definition) is 2. The van der Waals surface area contributed by atoms with Gasteiger partial charge in [0, 0.05) is 0 Å². The number of ether oxygens (including phenoxy) is 5. The molecule has 5 atom stereocenters. The van der Waals surface area contributed by atoms with Crippen LogP contribution in [0, 0.1) is 0 Å². The van der Waals surface area contributed by atoms with Crippen molar-refractivity contribution in [3.8, 4) is 0 Å². The Labute approximate surface area is 224 Å². The first-order valence-corrected chi connectivity index (χ1v) is 12.3. The highest BCUT2D eigenvalue weighted by molar-refractivity contribution is 5.90. The molecule has 204 valence electrons. The van der Waals surface area contributed by atoms with Gasteiger partial charge in [-0.25, -0.2) is 14.4 Å². The Morgan fingerprint density at radius 2 is 1.15 bits per heavy atom. The summed E-state index contributed by atoms with van der Waals surface area (Å²) >= 11 is 0. The van der Waals surface area contributed by atoms with Crippen molar-refractivity contribution in [2.75, 3.05) is 19.8 Å². The standard InChI is InChI=1S/C29H28O10/c30-16-17-35-29-23(31)25(39-28(34)21-14-8-3-9-15-21)24(38-27(33)20-12-6-2-7-13-20)22(37-29)18-36-26(32)19-10-4-1-5-11-19/h1-15,22-25,29-31H,16-18H2/t22-,23-,24-,25-,29-/m1/s1. The average molecular weight is 537 g/mol. The fourth-order valence-corrected chi connectivity index (χ4v) is 3.96. The van der Waals surface area contributed by atoms with Crippen molar-refractivity contribution in [3.63, 3.8) is 0 Å². The zero-order valence-corrected chi connectivity index (χ0v) is 20.8. The number of aliphatic hydroxyl groups excluding tert-OH is 2. The molecule has 1 heterocycles. The van der Waals surface area contributed by atoms with Crippen LogP contribution in [-0.2, 0) is 23.7 Å². The van der Waals surface area contributed by atoms with E-state index in [2.05, 4.69) is 0 Å². The molecule has 4 rings (SSSR count). The van der Waals surface area contributed by atoms with Crippen LogP contribution in [0.3, 0.4) is 0 Å². The fourth-order valence-electron chi connectivity index (χ4n) is 3.96. The van der Waals surface area contributed by atoms with Crippen LogP contribution in [0.25, 0.3) is 0 Å². The third kappa shape index (κ3) is 7.27. The lowest BCUT2D eigenvalue weighted by atomic mass is 9.98. The summed E-state index contributed by atoms with van der Waals surface area (Å²) < 4.78 is 28.0. The van der Waals surface area contributed by atoms with Gasteiger partial charge in [0.2, 0.25) is 0 Å². The molecule has 0 spiro atoms. The third-order valence-corrected chi connectivity index (χ3v) is 5.88. The van der Waals surface area contributed by atoms with Crippen molar-refractivity contribution in [1.82, 2.24) is 0 Å². The molecule has 1 aliphatic heterocycles. The lowest BCUT2D eigenvalue weighted by Gasteiger charge is -2.43. The first-order valence-electron chi connectivity index (χ1n) is 12.3. The first kappa shape index (κ1) is 27.9. The largest absolute Gasteiger partial charge is 0.459 e. The van der Waals surface area contributed by atoms with E-state index < -0.39 is 55.2 Å². The molecule has 1 saturated heterocycles. The van der Waals surface area contributed by atoms with Gasteiger partial charge in [-0.3, -0.25) is 0 Å². The number of rotatable bonds is 10. The highest BCUT2D eigenvalue weighted by Crippen LogP contribution is 2.29. The Hall–Kier alpha value is -4.09. The molecular weight excluding hydrogens is 508 g/mol.